The molecular weight excluding hydrogens is 407 g/mol. The molecule has 27 heavy (non-hydrogen) atoms. The van der Waals surface area contributed by atoms with Crippen LogP contribution in [0.5, 0.6) is 0 Å². The minimum atomic E-state index is -4.01. The highest BCUT2D eigenvalue weighted by Gasteiger charge is 2.28. The van der Waals surface area contributed by atoms with Crippen LogP contribution in [0.15, 0.2) is 47.4 Å². The Morgan fingerprint density at radius 2 is 1.78 bits per heavy atom. The number of nitrogens with zero attached hydrogens (tertiary/aromatic N) is 1. The highest BCUT2D eigenvalue weighted by molar-refractivity contribution is 7.92. The lowest BCUT2D eigenvalue weighted by Gasteiger charge is -2.25. The molecule has 0 spiro atoms. The molecule has 0 atom stereocenters. The first-order valence-electron chi connectivity index (χ1n) is 8.57. The Balaban J connectivity index is 2.44. The van der Waals surface area contributed by atoms with Crippen LogP contribution >= 0.6 is 23.2 Å². The second kappa shape index (κ2) is 9.44. The van der Waals surface area contributed by atoms with E-state index in [2.05, 4.69) is 5.32 Å². The van der Waals surface area contributed by atoms with E-state index in [-0.39, 0.29) is 22.2 Å². The molecule has 0 saturated heterocycles. The van der Waals surface area contributed by atoms with Crippen LogP contribution in [0.1, 0.15) is 25.3 Å². The summed E-state index contributed by atoms with van der Waals surface area (Å²) in [5.74, 6) is -0.407. The fourth-order valence-corrected chi connectivity index (χ4v) is 4.27. The average Bonchev–Trinajstić information content (AvgIpc) is 2.62. The number of carbonyl (C=O) groups is 1. The Morgan fingerprint density at radius 3 is 2.41 bits per heavy atom. The monoisotopic (exact) mass is 428 g/mol. The van der Waals surface area contributed by atoms with Gasteiger partial charge in [0.1, 0.15) is 6.54 Å². The van der Waals surface area contributed by atoms with Crippen molar-refractivity contribution in [3.8, 4) is 0 Å². The van der Waals surface area contributed by atoms with Crippen LogP contribution in [0.3, 0.4) is 0 Å². The van der Waals surface area contributed by atoms with Gasteiger partial charge in [-0.2, -0.15) is 0 Å². The van der Waals surface area contributed by atoms with Crippen LogP contribution in [0, 0.1) is 6.92 Å². The number of benzene rings is 2. The van der Waals surface area contributed by atoms with Crippen molar-refractivity contribution in [1.29, 1.82) is 0 Å². The molecule has 0 aromatic heterocycles. The molecule has 2 rings (SSSR count). The summed E-state index contributed by atoms with van der Waals surface area (Å²) in [7, 11) is -4.01. The van der Waals surface area contributed by atoms with Gasteiger partial charge < -0.3 is 5.32 Å². The molecule has 0 bridgehead atoms. The predicted molar refractivity (Wildman–Crippen MR) is 110 cm³/mol. The molecule has 2 aromatic rings. The number of amides is 1. The molecule has 1 N–H and O–H groups in total. The molecule has 5 nitrogen and oxygen atoms in total. The lowest BCUT2D eigenvalue weighted by Crippen LogP contribution is -2.41. The number of halogens is 2. The fraction of sp³-hybridized carbons (Fsp3) is 0.316. The third-order valence-corrected chi connectivity index (χ3v) is 6.25. The van der Waals surface area contributed by atoms with Gasteiger partial charge in [-0.25, -0.2) is 8.42 Å². The summed E-state index contributed by atoms with van der Waals surface area (Å²) in [4.78, 5) is 12.4. The Kier molecular flexibility index (Phi) is 7.53. The second-order valence-corrected chi connectivity index (χ2v) is 8.83. The highest BCUT2D eigenvalue weighted by atomic mass is 35.5. The molecule has 0 radical (unpaired) electrons. The van der Waals surface area contributed by atoms with E-state index in [9.17, 15) is 13.2 Å². The van der Waals surface area contributed by atoms with Gasteiger partial charge in [-0.05, 0) is 43.7 Å². The van der Waals surface area contributed by atoms with E-state index >= 15 is 0 Å². The number of unbranched alkanes of at least 4 members (excludes halogenated alkanes) is 1. The smallest absolute Gasteiger partial charge is 0.264 e. The zero-order chi connectivity index (χ0) is 20.0. The predicted octanol–water partition coefficient (Wildman–Crippen LogP) is 4.41. The molecule has 8 heteroatoms. The maximum atomic E-state index is 13.2. The average molecular weight is 429 g/mol. The Hall–Kier alpha value is -1.76. The summed E-state index contributed by atoms with van der Waals surface area (Å²) < 4.78 is 27.4. The lowest BCUT2D eigenvalue weighted by atomic mass is 10.2. The topological polar surface area (TPSA) is 66.5 Å². The van der Waals surface area contributed by atoms with Crippen LogP contribution in [-0.2, 0) is 14.8 Å². The van der Waals surface area contributed by atoms with E-state index in [4.69, 9.17) is 23.2 Å². The molecule has 2 aromatic carbocycles. The SMILES string of the molecule is CCCCNC(=O)CN(c1cc(Cl)ccc1Cl)S(=O)(=O)c1ccc(C)cc1. The number of anilines is 1. The minimum Gasteiger partial charge on any atom is -0.355 e. The summed E-state index contributed by atoms with van der Waals surface area (Å²) in [5.41, 5.74) is 1.09. The van der Waals surface area contributed by atoms with E-state index in [0.717, 1.165) is 22.7 Å². The summed E-state index contributed by atoms with van der Waals surface area (Å²) in [6.45, 7) is 3.96. The van der Waals surface area contributed by atoms with E-state index in [1.165, 1.54) is 24.3 Å². The zero-order valence-corrected chi connectivity index (χ0v) is 17.5. The quantitative estimate of drug-likeness (QED) is 0.632. The molecular formula is C19H22Cl2N2O3S. The van der Waals surface area contributed by atoms with Crippen molar-refractivity contribution >= 4 is 44.8 Å². The number of sulfonamides is 1. The molecule has 0 aliphatic rings. The van der Waals surface area contributed by atoms with Gasteiger partial charge >= 0.3 is 0 Å². The first kappa shape index (κ1) is 21.5. The van der Waals surface area contributed by atoms with Gasteiger partial charge in [-0.3, -0.25) is 9.10 Å². The van der Waals surface area contributed by atoms with Crippen molar-refractivity contribution in [3.63, 3.8) is 0 Å². The summed E-state index contributed by atoms with van der Waals surface area (Å²) in [6, 6.07) is 10.9. The maximum Gasteiger partial charge on any atom is 0.264 e. The van der Waals surface area contributed by atoms with Gasteiger partial charge in [0.15, 0.2) is 0 Å². The van der Waals surface area contributed by atoms with Crippen molar-refractivity contribution in [1.82, 2.24) is 5.32 Å². The number of nitrogens with one attached hydrogen (secondary N) is 1. The molecule has 146 valence electrons. The first-order valence-corrected chi connectivity index (χ1v) is 10.8. The molecule has 0 fully saturated rings. The maximum absolute atomic E-state index is 13.2. The molecule has 0 unspecified atom stereocenters. The lowest BCUT2D eigenvalue weighted by molar-refractivity contribution is -0.119. The van der Waals surface area contributed by atoms with Crippen molar-refractivity contribution in [2.75, 3.05) is 17.4 Å². The summed E-state index contributed by atoms with van der Waals surface area (Å²) in [5, 5.41) is 3.24. The van der Waals surface area contributed by atoms with Crippen LogP contribution in [0.4, 0.5) is 5.69 Å². The van der Waals surface area contributed by atoms with Crippen molar-refractivity contribution in [2.45, 2.75) is 31.6 Å². The molecule has 0 aliphatic heterocycles. The Labute approximate surface area is 170 Å². The first-order chi connectivity index (χ1) is 12.8. The van der Waals surface area contributed by atoms with Gasteiger partial charge in [0.05, 0.1) is 15.6 Å². The van der Waals surface area contributed by atoms with Crippen molar-refractivity contribution in [3.05, 3.63) is 58.1 Å². The number of hydrogen-bond acceptors (Lipinski definition) is 3. The molecule has 0 heterocycles. The highest BCUT2D eigenvalue weighted by Crippen LogP contribution is 2.32. The number of hydrogen-bond donors (Lipinski definition) is 1. The van der Waals surface area contributed by atoms with Crippen LogP contribution < -0.4 is 9.62 Å². The number of rotatable bonds is 8. The fourth-order valence-electron chi connectivity index (χ4n) is 2.40. The van der Waals surface area contributed by atoms with Gasteiger partial charge in [0.25, 0.3) is 10.0 Å². The Bertz CT molecular complexity index is 900. The Morgan fingerprint density at radius 1 is 1.11 bits per heavy atom. The zero-order valence-electron chi connectivity index (χ0n) is 15.2. The van der Waals surface area contributed by atoms with E-state index in [0.29, 0.717) is 11.6 Å². The normalized spacial score (nSPS) is 11.3. The molecule has 0 saturated carbocycles. The second-order valence-electron chi connectivity index (χ2n) is 6.12. The van der Waals surface area contributed by atoms with Gasteiger partial charge in [0, 0.05) is 11.6 Å². The largest absolute Gasteiger partial charge is 0.355 e. The molecule has 0 aliphatic carbocycles. The summed E-state index contributed by atoms with van der Waals surface area (Å²) in [6.07, 6.45) is 1.74. The van der Waals surface area contributed by atoms with Crippen LogP contribution in [0.25, 0.3) is 0 Å². The third kappa shape index (κ3) is 5.61. The van der Waals surface area contributed by atoms with E-state index in [1.54, 1.807) is 18.2 Å². The summed E-state index contributed by atoms with van der Waals surface area (Å²) >= 11 is 12.3. The number of aryl methyl sites for hydroxylation is 1. The minimum absolute atomic E-state index is 0.0745. The van der Waals surface area contributed by atoms with Gasteiger partial charge in [-0.1, -0.05) is 54.2 Å². The van der Waals surface area contributed by atoms with Crippen LogP contribution in [0.2, 0.25) is 10.0 Å². The van der Waals surface area contributed by atoms with Crippen molar-refractivity contribution < 1.29 is 13.2 Å². The number of carbonyl (C=O) groups excluding carboxylic acids is 1. The third-order valence-electron chi connectivity index (χ3n) is 3.93. The van der Waals surface area contributed by atoms with E-state index < -0.39 is 15.9 Å². The standard InChI is InChI=1S/C19H22Cl2N2O3S/c1-3-4-11-22-19(24)13-23(18-12-15(20)7-10-17(18)21)27(25,26)16-8-5-14(2)6-9-16/h5-10,12H,3-4,11,13H2,1-2H3,(H,22,24). The van der Waals surface area contributed by atoms with E-state index in [1.807, 2.05) is 13.8 Å². The van der Waals surface area contributed by atoms with Gasteiger partial charge in [-0.15, -0.1) is 0 Å². The van der Waals surface area contributed by atoms with Crippen LogP contribution in [-0.4, -0.2) is 27.4 Å². The van der Waals surface area contributed by atoms with Crippen molar-refractivity contribution in [2.24, 2.45) is 0 Å². The molecule has 1 amide bonds. The van der Waals surface area contributed by atoms with Gasteiger partial charge in [0.2, 0.25) is 5.91 Å².